The Kier molecular flexibility index (Phi) is 7.63. The number of thioether (sulfide) groups is 1. The normalized spacial score (nSPS) is 11.3. The molecule has 1 atom stereocenters. The van der Waals surface area contributed by atoms with E-state index in [-0.39, 0.29) is 11.9 Å². The molecular formula is C28H25N3O2S. The van der Waals surface area contributed by atoms with Crippen molar-refractivity contribution in [2.45, 2.75) is 17.1 Å². The summed E-state index contributed by atoms with van der Waals surface area (Å²) in [4.78, 5) is 26.4. The van der Waals surface area contributed by atoms with Gasteiger partial charge in [-0.15, -0.1) is 11.8 Å². The molecule has 4 aromatic carbocycles. The van der Waals surface area contributed by atoms with Gasteiger partial charge in [0, 0.05) is 22.0 Å². The number of anilines is 3. The van der Waals surface area contributed by atoms with Gasteiger partial charge in [0.2, 0.25) is 5.91 Å². The number of rotatable bonds is 7. The van der Waals surface area contributed by atoms with Crippen molar-refractivity contribution < 1.29 is 9.59 Å². The van der Waals surface area contributed by atoms with Gasteiger partial charge in [-0.1, -0.05) is 66.7 Å². The summed E-state index contributed by atoms with van der Waals surface area (Å²) in [5.41, 5.74) is 4.12. The Morgan fingerprint density at radius 1 is 0.647 bits per heavy atom. The van der Waals surface area contributed by atoms with Gasteiger partial charge in [0.1, 0.15) is 5.25 Å². The zero-order valence-electron chi connectivity index (χ0n) is 18.7. The fourth-order valence-electron chi connectivity index (χ4n) is 3.38. The molecule has 0 spiro atoms. The zero-order valence-corrected chi connectivity index (χ0v) is 19.5. The zero-order chi connectivity index (χ0) is 23.8. The van der Waals surface area contributed by atoms with Crippen LogP contribution in [0.3, 0.4) is 0 Å². The molecular weight excluding hydrogens is 442 g/mol. The molecule has 0 aliphatic rings. The molecule has 0 aromatic heterocycles. The summed E-state index contributed by atoms with van der Waals surface area (Å²) in [7, 11) is 0. The molecule has 0 fully saturated rings. The van der Waals surface area contributed by atoms with Gasteiger partial charge in [-0.3, -0.25) is 4.79 Å². The van der Waals surface area contributed by atoms with Crippen molar-refractivity contribution in [3.8, 4) is 0 Å². The molecule has 3 N–H and O–H groups in total. The number of urea groups is 1. The van der Waals surface area contributed by atoms with Crippen LogP contribution in [0.4, 0.5) is 21.9 Å². The Balaban J connectivity index is 1.45. The van der Waals surface area contributed by atoms with Gasteiger partial charge in [-0.05, 0) is 60.5 Å². The van der Waals surface area contributed by atoms with E-state index in [4.69, 9.17) is 0 Å². The Bertz CT molecular complexity index is 1250. The maximum absolute atomic E-state index is 13.3. The Hall–Kier alpha value is -4.03. The molecule has 5 nitrogen and oxygen atoms in total. The van der Waals surface area contributed by atoms with Crippen LogP contribution in [0.15, 0.2) is 114 Å². The van der Waals surface area contributed by atoms with Crippen LogP contribution in [-0.4, -0.2) is 11.9 Å². The number of amides is 3. The summed E-state index contributed by atoms with van der Waals surface area (Å²) in [5.74, 6) is -0.0880. The van der Waals surface area contributed by atoms with Crippen molar-refractivity contribution >= 4 is 40.8 Å². The third kappa shape index (κ3) is 6.27. The molecule has 0 bridgehead atoms. The van der Waals surface area contributed by atoms with Crippen LogP contribution < -0.4 is 16.0 Å². The third-order valence-corrected chi connectivity index (χ3v) is 6.41. The second-order valence-corrected chi connectivity index (χ2v) is 8.86. The highest BCUT2D eigenvalue weighted by Gasteiger charge is 2.22. The van der Waals surface area contributed by atoms with Crippen molar-refractivity contribution in [3.63, 3.8) is 0 Å². The van der Waals surface area contributed by atoms with Gasteiger partial charge >= 0.3 is 6.03 Å². The van der Waals surface area contributed by atoms with Crippen molar-refractivity contribution in [2.24, 2.45) is 0 Å². The summed E-state index contributed by atoms with van der Waals surface area (Å²) in [6, 6.07) is 33.9. The van der Waals surface area contributed by atoms with Crippen molar-refractivity contribution in [2.75, 3.05) is 16.0 Å². The second-order valence-electron chi connectivity index (χ2n) is 7.68. The highest BCUT2D eigenvalue weighted by atomic mass is 32.2. The molecule has 1 unspecified atom stereocenters. The van der Waals surface area contributed by atoms with E-state index in [9.17, 15) is 9.59 Å². The summed E-state index contributed by atoms with van der Waals surface area (Å²) >= 11 is 1.46. The largest absolute Gasteiger partial charge is 0.325 e. The predicted octanol–water partition coefficient (Wildman–Crippen LogP) is 7.11. The predicted molar refractivity (Wildman–Crippen MR) is 140 cm³/mol. The van der Waals surface area contributed by atoms with E-state index < -0.39 is 5.25 Å². The molecule has 6 heteroatoms. The number of nitrogens with one attached hydrogen (secondary N) is 3. The van der Waals surface area contributed by atoms with Crippen LogP contribution in [0, 0.1) is 6.92 Å². The number of hydrogen-bond donors (Lipinski definition) is 3. The Morgan fingerprint density at radius 2 is 1.21 bits per heavy atom. The Labute approximate surface area is 203 Å². The fraction of sp³-hybridized carbons (Fsp3) is 0.0714. The molecule has 4 aromatic rings. The molecule has 4 rings (SSSR count). The molecule has 0 saturated heterocycles. The van der Waals surface area contributed by atoms with Crippen molar-refractivity contribution in [1.82, 2.24) is 0 Å². The van der Waals surface area contributed by atoms with E-state index in [2.05, 4.69) is 16.0 Å². The van der Waals surface area contributed by atoms with Gasteiger partial charge in [0.05, 0.1) is 0 Å². The van der Waals surface area contributed by atoms with E-state index in [1.165, 1.54) is 11.8 Å². The maximum Gasteiger partial charge on any atom is 0.323 e. The highest BCUT2D eigenvalue weighted by molar-refractivity contribution is 8.00. The SMILES string of the molecule is Cc1ccccc1NC(=O)C(Sc1ccc(NC(=O)Nc2ccccc2)cc1)c1ccccc1. The summed E-state index contributed by atoms with van der Waals surface area (Å²) in [6.45, 7) is 1.97. The lowest BCUT2D eigenvalue weighted by Crippen LogP contribution is -2.20. The number of para-hydroxylation sites is 2. The van der Waals surface area contributed by atoms with Crippen LogP contribution in [0.2, 0.25) is 0 Å². The van der Waals surface area contributed by atoms with Crippen LogP contribution >= 0.6 is 11.8 Å². The average Bonchev–Trinajstić information content (AvgIpc) is 2.86. The number of aryl methyl sites for hydroxylation is 1. The smallest absolute Gasteiger partial charge is 0.323 e. The molecule has 0 radical (unpaired) electrons. The monoisotopic (exact) mass is 467 g/mol. The van der Waals surface area contributed by atoms with Gasteiger partial charge in [0.25, 0.3) is 0 Å². The van der Waals surface area contributed by atoms with Crippen LogP contribution in [0.25, 0.3) is 0 Å². The van der Waals surface area contributed by atoms with Gasteiger partial charge < -0.3 is 16.0 Å². The molecule has 0 saturated carbocycles. The van der Waals surface area contributed by atoms with Crippen LogP contribution in [0.5, 0.6) is 0 Å². The first-order valence-electron chi connectivity index (χ1n) is 10.9. The van der Waals surface area contributed by atoms with Crippen LogP contribution in [-0.2, 0) is 4.79 Å². The van der Waals surface area contributed by atoms with Crippen molar-refractivity contribution in [3.05, 3.63) is 120 Å². The van der Waals surface area contributed by atoms with E-state index in [0.717, 1.165) is 27.4 Å². The van der Waals surface area contributed by atoms with Crippen molar-refractivity contribution in [1.29, 1.82) is 0 Å². The summed E-state index contributed by atoms with van der Waals surface area (Å²) in [5, 5.41) is 8.25. The Morgan fingerprint density at radius 3 is 1.85 bits per heavy atom. The number of benzene rings is 4. The lowest BCUT2D eigenvalue weighted by Gasteiger charge is -2.18. The molecule has 34 heavy (non-hydrogen) atoms. The number of hydrogen-bond acceptors (Lipinski definition) is 3. The minimum atomic E-state index is -0.430. The first kappa shape index (κ1) is 23.1. The molecule has 0 aliphatic carbocycles. The first-order valence-corrected chi connectivity index (χ1v) is 11.8. The van der Waals surface area contributed by atoms with E-state index in [0.29, 0.717) is 5.69 Å². The average molecular weight is 468 g/mol. The third-order valence-electron chi connectivity index (χ3n) is 5.14. The van der Waals surface area contributed by atoms with Gasteiger partial charge in [-0.25, -0.2) is 4.79 Å². The van der Waals surface area contributed by atoms with E-state index in [1.807, 2.05) is 116 Å². The first-order chi connectivity index (χ1) is 16.6. The standard InChI is InChI=1S/C28H25N3O2S/c1-20-10-8-9-15-25(20)31-27(32)26(21-11-4-2-5-12-21)34-24-18-16-23(17-19-24)30-28(33)29-22-13-6-3-7-14-22/h2-19,26H,1H3,(H,31,32)(H2,29,30,33). The maximum atomic E-state index is 13.3. The topological polar surface area (TPSA) is 70.2 Å². The summed E-state index contributed by atoms with van der Waals surface area (Å²) < 4.78 is 0. The molecule has 0 aliphatic heterocycles. The number of carbonyl (C=O) groups is 2. The van der Waals surface area contributed by atoms with Gasteiger partial charge in [0.15, 0.2) is 0 Å². The second kappa shape index (κ2) is 11.2. The quantitative estimate of drug-likeness (QED) is 0.254. The lowest BCUT2D eigenvalue weighted by molar-refractivity contribution is -0.115. The number of carbonyl (C=O) groups excluding carboxylic acids is 2. The van der Waals surface area contributed by atoms with Crippen LogP contribution in [0.1, 0.15) is 16.4 Å². The van der Waals surface area contributed by atoms with E-state index in [1.54, 1.807) is 0 Å². The minimum absolute atomic E-state index is 0.0880. The fourth-order valence-corrected chi connectivity index (χ4v) is 4.40. The minimum Gasteiger partial charge on any atom is -0.325 e. The highest BCUT2D eigenvalue weighted by Crippen LogP contribution is 2.37. The van der Waals surface area contributed by atoms with E-state index >= 15 is 0 Å². The summed E-state index contributed by atoms with van der Waals surface area (Å²) in [6.07, 6.45) is 0. The molecule has 170 valence electrons. The van der Waals surface area contributed by atoms with Gasteiger partial charge in [-0.2, -0.15) is 0 Å². The lowest BCUT2D eigenvalue weighted by atomic mass is 10.1. The molecule has 0 heterocycles. The molecule has 3 amide bonds.